The lowest BCUT2D eigenvalue weighted by molar-refractivity contribution is -0.141. The Labute approximate surface area is 155 Å². The van der Waals surface area contributed by atoms with Crippen LogP contribution in [0.15, 0.2) is 42.5 Å². The van der Waals surface area contributed by atoms with Gasteiger partial charge in [-0.25, -0.2) is 4.39 Å². The SMILES string of the molecule is O=C1CC[C@@H](N2Cc3c(OCc4ccccc4F)cccc3C2O)C(=O)N1. The van der Waals surface area contributed by atoms with Crippen LogP contribution in [-0.4, -0.2) is 27.9 Å². The summed E-state index contributed by atoms with van der Waals surface area (Å²) in [6.45, 7) is 0.383. The molecule has 2 aromatic carbocycles. The Balaban J connectivity index is 1.54. The number of hydrogen-bond donors (Lipinski definition) is 2. The molecule has 2 atom stereocenters. The molecule has 0 saturated carbocycles. The molecule has 1 unspecified atom stereocenters. The first-order valence-corrected chi connectivity index (χ1v) is 8.80. The van der Waals surface area contributed by atoms with Crippen LogP contribution in [0.3, 0.4) is 0 Å². The van der Waals surface area contributed by atoms with Crippen LogP contribution >= 0.6 is 0 Å². The van der Waals surface area contributed by atoms with Crippen LogP contribution in [0, 0.1) is 5.82 Å². The largest absolute Gasteiger partial charge is 0.488 e. The maximum atomic E-state index is 13.8. The van der Waals surface area contributed by atoms with Crippen LogP contribution in [0.25, 0.3) is 0 Å². The molecular formula is C20H19FN2O4. The van der Waals surface area contributed by atoms with Crippen molar-refractivity contribution in [1.82, 2.24) is 10.2 Å². The van der Waals surface area contributed by atoms with Gasteiger partial charge in [0.05, 0.1) is 6.04 Å². The number of aliphatic hydroxyl groups excluding tert-OH is 1. The lowest BCUT2D eigenvalue weighted by atomic mass is 10.0. The summed E-state index contributed by atoms with van der Waals surface area (Å²) >= 11 is 0. The Morgan fingerprint density at radius 2 is 2.00 bits per heavy atom. The fraction of sp³-hybridized carbons (Fsp3) is 0.300. The lowest BCUT2D eigenvalue weighted by Gasteiger charge is -2.31. The van der Waals surface area contributed by atoms with E-state index in [4.69, 9.17) is 4.74 Å². The lowest BCUT2D eigenvalue weighted by Crippen LogP contribution is -2.51. The number of carbonyl (C=O) groups is 2. The van der Waals surface area contributed by atoms with Crippen LogP contribution in [0.4, 0.5) is 4.39 Å². The van der Waals surface area contributed by atoms with Crippen molar-refractivity contribution in [3.8, 4) is 5.75 Å². The molecule has 0 radical (unpaired) electrons. The zero-order valence-corrected chi connectivity index (χ0v) is 14.5. The van der Waals surface area contributed by atoms with Crippen LogP contribution in [0.2, 0.25) is 0 Å². The van der Waals surface area contributed by atoms with Crippen molar-refractivity contribution in [2.75, 3.05) is 0 Å². The molecule has 0 spiro atoms. The molecular weight excluding hydrogens is 351 g/mol. The van der Waals surface area contributed by atoms with E-state index in [1.807, 2.05) is 0 Å². The molecule has 0 aromatic heterocycles. The maximum Gasteiger partial charge on any atom is 0.244 e. The first-order chi connectivity index (χ1) is 13.0. The predicted octanol–water partition coefficient (Wildman–Crippen LogP) is 2.02. The molecule has 6 nitrogen and oxygen atoms in total. The van der Waals surface area contributed by atoms with Gasteiger partial charge in [0.25, 0.3) is 0 Å². The van der Waals surface area contributed by atoms with E-state index >= 15 is 0 Å². The third-order valence-electron chi connectivity index (χ3n) is 5.05. The summed E-state index contributed by atoms with van der Waals surface area (Å²) in [5.74, 6) is -0.483. The Hall–Kier alpha value is -2.77. The summed E-state index contributed by atoms with van der Waals surface area (Å²) in [7, 11) is 0. The second-order valence-corrected chi connectivity index (χ2v) is 6.72. The number of fused-ring (bicyclic) bond motifs is 1. The Morgan fingerprint density at radius 1 is 1.19 bits per heavy atom. The molecule has 2 amide bonds. The first-order valence-electron chi connectivity index (χ1n) is 8.80. The van der Waals surface area contributed by atoms with E-state index in [9.17, 15) is 19.1 Å². The number of aliphatic hydroxyl groups is 1. The fourth-order valence-electron chi connectivity index (χ4n) is 3.63. The number of carbonyl (C=O) groups excluding carboxylic acids is 2. The average Bonchev–Trinajstić information content (AvgIpc) is 2.98. The maximum absolute atomic E-state index is 13.8. The number of hydrogen-bond acceptors (Lipinski definition) is 5. The summed E-state index contributed by atoms with van der Waals surface area (Å²) in [5.41, 5.74) is 1.87. The number of imide groups is 1. The number of amides is 2. The molecule has 1 saturated heterocycles. The molecule has 0 aliphatic carbocycles. The van der Waals surface area contributed by atoms with Gasteiger partial charge >= 0.3 is 0 Å². The monoisotopic (exact) mass is 370 g/mol. The summed E-state index contributed by atoms with van der Waals surface area (Å²) in [5, 5.41) is 13.0. The summed E-state index contributed by atoms with van der Waals surface area (Å²) in [4.78, 5) is 25.2. The van der Waals surface area contributed by atoms with Crippen LogP contribution in [-0.2, 0) is 22.7 Å². The van der Waals surface area contributed by atoms with Crippen molar-refractivity contribution in [2.45, 2.75) is 38.3 Å². The van der Waals surface area contributed by atoms with Gasteiger partial charge in [-0.05, 0) is 18.6 Å². The zero-order valence-electron chi connectivity index (χ0n) is 14.5. The number of rotatable bonds is 4. The molecule has 2 heterocycles. The van der Waals surface area contributed by atoms with E-state index in [1.165, 1.54) is 6.07 Å². The van der Waals surface area contributed by atoms with Crippen molar-refractivity contribution in [3.63, 3.8) is 0 Å². The van der Waals surface area contributed by atoms with Crippen LogP contribution in [0.5, 0.6) is 5.75 Å². The third kappa shape index (κ3) is 3.31. The number of halogens is 1. The molecule has 27 heavy (non-hydrogen) atoms. The van der Waals surface area contributed by atoms with E-state index in [-0.39, 0.29) is 24.8 Å². The molecule has 140 valence electrons. The minimum atomic E-state index is -0.957. The highest BCUT2D eigenvalue weighted by molar-refractivity contribution is 6.00. The van der Waals surface area contributed by atoms with E-state index in [1.54, 1.807) is 41.3 Å². The molecule has 2 aromatic rings. The van der Waals surface area contributed by atoms with Crippen molar-refractivity contribution in [3.05, 3.63) is 65.0 Å². The van der Waals surface area contributed by atoms with Crippen molar-refractivity contribution in [1.29, 1.82) is 0 Å². The molecule has 4 rings (SSSR count). The summed E-state index contributed by atoms with van der Waals surface area (Å²) in [6.07, 6.45) is -0.353. The number of benzene rings is 2. The molecule has 1 fully saturated rings. The van der Waals surface area contributed by atoms with Gasteiger partial charge in [-0.15, -0.1) is 0 Å². The predicted molar refractivity (Wildman–Crippen MR) is 93.8 cm³/mol. The van der Waals surface area contributed by atoms with Gasteiger partial charge in [0, 0.05) is 29.7 Å². The van der Waals surface area contributed by atoms with Crippen molar-refractivity contribution in [2.24, 2.45) is 0 Å². The number of nitrogens with one attached hydrogen (secondary N) is 1. The second-order valence-electron chi connectivity index (χ2n) is 6.72. The minimum absolute atomic E-state index is 0.0671. The molecule has 2 aliphatic heterocycles. The number of piperidine rings is 1. The molecule has 0 bridgehead atoms. The van der Waals surface area contributed by atoms with Crippen LogP contribution in [0.1, 0.15) is 35.8 Å². The fourth-order valence-corrected chi connectivity index (χ4v) is 3.63. The van der Waals surface area contributed by atoms with Gasteiger partial charge in [-0.3, -0.25) is 19.8 Å². The van der Waals surface area contributed by atoms with E-state index in [0.29, 0.717) is 29.8 Å². The van der Waals surface area contributed by atoms with Crippen LogP contribution < -0.4 is 10.1 Å². The van der Waals surface area contributed by atoms with Crippen molar-refractivity contribution >= 4 is 11.8 Å². The van der Waals surface area contributed by atoms with Crippen molar-refractivity contribution < 1.29 is 23.8 Å². The second kappa shape index (κ2) is 7.09. The highest BCUT2D eigenvalue weighted by atomic mass is 19.1. The normalized spacial score (nSPS) is 22.4. The average molecular weight is 370 g/mol. The molecule has 2 aliphatic rings. The number of nitrogens with zero attached hydrogens (tertiary/aromatic N) is 1. The Kier molecular flexibility index (Phi) is 4.63. The van der Waals surface area contributed by atoms with Gasteiger partial charge in [0.15, 0.2) is 0 Å². The van der Waals surface area contributed by atoms with Gasteiger partial charge in [-0.2, -0.15) is 0 Å². The quantitative estimate of drug-likeness (QED) is 0.805. The van der Waals surface area contributed by atoms with E-state index in [2.05, 4.69) is 5.32 Å². The highest BCUT2D eigenvalue weighted by Crippen LogP contribution is 2.39. The minimum Gasteiger partial charge on any atom is -0.488 e. The summed E-state index contributed by atoms with van der Waals surface area (Å²) < 4.78 is 19.6. The van der Waals surface area contributed by atoms with Gasteiger partial charge in [0.1, 0.15) is 24.4 Å². The third-order valence-corrected chi connectivity index (χ3v) is 5.05. The van der Waals surface area contributed by atoms with E-state index in [0.717, 1.165) is 5.56 Å². The highest BCUT2D eigenvalue weighted by Gasteiger charge is 2.40. The first kappa shape index (κ1) is 17.6. The summed E-state index contributed by atoms with van der Waals surface area (Å²) in [6, 6.07) is 11.1. The van der Waals surface area contributed by atoms with Gasteiger partial charge in [-0.1, -0.05) is 30.3 Å². The molecule has 7 heteroatoms. The topological polar surface area (TPSA) is 78.9 Å². The Bertz CT molecular complexity index is 901. The smallest absolute Gasteiger partial charge is 0.244 e. The standard InChI is InChI=1S/C20H19FN2O4/c21-15-6-2-1-4-12(15)11-27-17-7-3-5-13-14(17)10-23(20(13)26)16-8-9-18(24)22-19(16)25/h1-7,16,20,26H,8-11H2,(H,22,24,25)/t16-,20?/m1/s1. The number of ether oxygens (including phenoxy) is 1. The van der Waals surface area contributed by atoms with Gasteiger partial charge < -0.3 is 9.84 Å². The zero-order chi connectivity index (χ0) is 19.0. The van der Waals surface area contributed by atoms with Gasteiger partial charge in [0.2, 0.25) is 11.8 Å². The molecule has 2 N–H and O–H groups in total. The van der Waals surface area contributed by atoms with E-state index < -0.39 is 18.2 Å². The Morgan fingerprint density at radius 3 is 2.78 bits per heavy atom.